The number of aromatic nitrogens is 1. The first-order chi connectivity index (χ1) is 12.5. The standard InChI is InChI=1S/C21H22N2O2S/c1-14(2)25-18-10-8-17(9-11-18)20(24)23-21-22-13-19(26-21)12-16-6-4-15(3)5-7-16/h4-11,13-14H,12H2,1-3H3,(H,22,23,24). The van der Waals surface area contributed by atoms with Crippen molar-refractivity contribution >= 4 is 22.4 Å². The Morgan fingerprint density at radius 2 is 1.81 bits per heavy atom. The van der Waals surface area contributed by atoms with Gasteiger partial charge in [-0.2, -0.15) is 0 Å². The van der Waals surface area contributed by atoms with E-state index in [2.05, 4.69) is 41.5 Å². The van der Waals surface area contributed by atoms with Crippen LogP contribution in [0.3, 0.4) is 0 Å². The molecule has 1 aromatic heterocycles. The summed E-state index contributed by atoms with van der Waals surface area (Å²) in [6.45, 7) is 6.01. The molecule has 0 saturated carbocycles. The lowest BCUT2D eigenvalue weighted by Crippen LogP contribution is -2.11. The van der Waals surface area contributed by atoms with Crippen LogP contribution in [-0.4, -0.2) is 17.0 Å². The maximum atomic E-state index is 12.4. The van der Waals surface area contributed by atoms with Crippen LogP contribution in [0.1, 0.15) is 40.2 Å². The zero-order chi connectivity index (χ0) is 18.5. The van der Waals surface area contributed by atoms with Crippen LogP contribution in [0.2, 0.25) is 0 Å². The second kappa shape index (κ2) is 8.15. The van der Waals surface area contributed by atoms with Gasteiger partial charge in [-0.15, -0.1) is 11.3 Å². The third-order valence-corrected chi connectivity index (χ3v) is 4.67. The van der Waals surface area contributed by atoms with Crippen LogP contribution in [0.5, 0.6) is 5.75 Å². The first-order valence-electron chi connectivity index (χ1n) is 8.58. The van der Waals surface area contributed by atoms with Gasteiger partial charge in [0.05, 0.1) is 6.10 Å². The lowest BCUT2D eigenvalue weighted by molar-refractivity contribution is 0.102. The molecule has 1 heterocycles. The number of nitrogens with one attached hydrogen (secondary N) is 1. The van der Waals surface area contributed by atoms with Crippen molar-refractivity contribution in [2.24, 2.45) is 0 Å². The number of hydrogen-bond donors (Lipinski definition) is 1. The van der Waals surface area contributed by atoms with Crippen molar-refractivity contribution in [3.63, 3.8) is 0 Å². The fourth-order valence-electron chi connectivity index (χ4n) is 2.48. The number of rotatable bonds is 6. The van der Waals surface area contributed by atoms with Crippen LogP contribution in [0.15, 0.2) is 54.7 Å². The molecule has 3 aromatic rings. The molecule has 4 nitrogen and oxygen atoms in total. The van der Waals surface area contributed by atoms with Crippen molar-refractivity contribution in [3.05, 3.63) is 76.3 Å². The molecule has 0 aliphatic heterocycles. The number of nitrogens with zero attached hydrogens (tertiary/aromatic N) is 1. The molecular formula is C21H22N2O2S. The maximum Gasteiger partial charge on any atom is 0.257 e. The number of carbonyl (C=O) groups excluding carboxylic acids is 1. The fourth-order valence-corrected chi connectivity index (χ4v) is 3.32. The van der Waals surface area contributed by atoms with Crippen LogP contribution in [0.25, 0.3) is 0 Å². The highest BCUT2D eigenvalue weighted by Crippen LogP contribution is 2.22. The predicted molar refractivity (Wildman–Crippen MR) is 106 cm³/mol. The van der Waals surface area contributed by atoms with Gasteiger partial charge < -0.3 is 4.74 Å². The first-order valence-corrected chi connectivity index (χ1v) is 9.39. The molecule has 0 fully saturated rings. The van der Waals surface area contributed by atoms with Crippen LogP contribution in [0.4, 0.5) is 5.13 Å². The van der Waals surface area contributed by atoms with Crippen molar-refractivity contribution in [2.45, 2.75) is 33.3 Å². The Kier molecular flexibility index (Phi) is 5.68. The van der Waals surface area contributed by atoms with Crippen LogP contribution in [-0.2, 0) is 6.42 Å². The molecule has 3 rings (SSSR count). The van der Waals surface area contributed by atoms with Gasteiger partial charge in [0.2, 0.25) is 0 Å². The van der Waals surface area contributed by atoms with E-state index in [4.69, 9.17) is 4.74 Å². The highest BCUT2D eigenvalue weighted by atomic mass is 32.1. The van der Waals surface area contributed by atoms with Gasteiger partial charge in [-0.05, 0) is 50.6 Å². The molecule has 0 atom stereocenters. The van der Waals surface area contributed by atoms with Gasteiger partial charge in [0.15, 0.2) is 5.13 Å². The minimum Gasteiger partial charge on any atom is -0.491 e. The number of hydrogen-bond acceptors (Lipinski definition) is 4. The highest BCUT2D eigenvalue weighted by molar-refractivity contribution is 7.15. The molecular weight excluding hydrogens is 344 g/mol. The number of anilines is 1. The van der Waals surface area contributed by atoms with E-state index >= 15 is 0 Å². The minimum absolute atomic E-state index is 0.108. The van der Waals surface area contributed by atoms with E-state index in [-0.39, 0.29) is 12.0 Å². The van der Waals surface area contributed by atoms with Gasteiger partial charge in [-0.1, -0.05) is 29.8 Å². The van der Waals surface area contributed by atoms with E-state index in [1.165, 1.54) is 22.5 Å². The zero-order valence-corrected chi connectivity index (χ0v) is 16.0. The van der Waals surface area contributed by atoms with Gasteiger partial charge in [0.1, 0.15) is 5.75 Å². The molecule has 1 amide bonds. The summed E-state index contributed by atoms with van der Waals surface area (Å²) in [5.74, 6) is 0.587. The smallest absolute Gasteiger partial charge is 0.257 e. The second-order valence-electron chi connectivity index (χ2n) is 6.44. The number of benzene rings is 2. The monoisotopic (exact) mass is 366 g/mol. The Bertz CT molecular complexity index is 868. The Balaban J connectivity index is 1.61. The molecule has 2 aromatic carbocycles. The Labute approximate surface area is 157 Å². The maximum absolute atomic E-state index is 12.4. The average Bonchev–Trinajstić information content (AvgIpc) is 3.04. The highest BCUT2D eigenvalue weighted by Gasteiger charge is 2.10. The number of thiazole rings is 1. The number of aryl methyl sites for hydroxylation is 1. The van der Waals surface area contributed by atoms with Gasteiger partial charge in [0.25, 0.3) is 5.91 Å². The van der Waals surface area contributed by atoms with E-state index < -0.39 is 0 Å². The summed E-state index contributed by atoms with van der Waals surface area (Å²) in [4.78, 5) is 17.8. The lowest BCUT2D eigenvalue weighted by atomic mass is 10.1. The molecule has 0 saturated heterocycles. The van der Waals surface area contributed by atoms with Crippen LogP contribution < -0.4 is 10.1 Å². The van der Waals surface area contributed by atoms with E-state index in [1.54, 1.807) is 24.3 Å². The van der Waals surface area contributed by atoms with Gasteiger partial charge in [-0.25, -0.2) is 4.98 Å². The largest absolute Gasteiger partial charge is 0.491 e. The Morgan fingerprint density at radius 1 is 1.12 bits per heavy atom. The summed E-state index contributed by atoms with van der Waals surface area (Å²) in [6.07, 6.45) is 2.74. The molecule has 0 spiro atoms. The number of carbonyl (C=O) groups is 1. The minimum atomic E-state index is -0.169. The van der Waals surface area contributed by atoms with E-state index in [1.807, 2.05) is 20.0 Å². The van der Waals surface area contributed by atoms with Crippen LogP contribution >= 0.6 is 11.3 Å². The quantitative estimate of drug-likeness (QED) is 0.662. The summed E-state index contributed by atoms with van der Waals surface area (Å²) in [5.41, 5.74) is 3.06. The topological polar surface area (TPSA) is 51.2 Å². The van der Waals surface area contributed by atoms with Crippen molar-refractivity contribution in [3.8, 4) is 5.75 Å². The third kappa shape index (κ3) is 4.92. The van der Waals surface area contributed by atoms with Gasteiger partial charge in [-0.3, -0.25) is 10.1 Å². The molecule has 0 unspecified atom stereocenters. The average molecular weight is 366 g/mol. The Morgan fingerprint density at radius 3 is 2.46 bits per heavy atom. The molecule has 0 aliphatic carbocycles. The SMILES string of the molecule is Cc1ccc(Cc2cnc(NC(=O)c3ccc(OC(C)C)cc3)s2)cc1. The van der Waals surface area contributed by atoms with Crippen molar-refractivity contribution in [2.75, 3.05) is 5.32 Å². The predicted octanol–water partition coefficient (Wildman–Crippen LogP) is 5.08. The summed E-state index contributed by atoms with van der Waals surface area (Å²) < 4.78 is 5.59. The summed E-state index contributed by atoms with van der Waals surface area (Å²) in [5, 5.41) is 3.47. The van der Waals surface area contributed by atoms with Crippen molar-refractivity contribution < 1.29 is 9.53 Å². The normalized spacial score (nSPS) is 10.8. The third-order valence-electron chi connectivity index (χ3n) is 3.76. The van der Waals surface area contributed by atoms with Crippen molar-refractivity contribution in [1.29, 1.82) is 0 Å². The van der Waals surface area contributed by atoms with Gasteiger partial charge in [0, 0.05) is 23.1 Å². The molecule has 0 aliphatic rings. The second-order valence-corrected chi connectivity index (χ2v) is 7.55. The summed E-state index contributed by atoms with van der Waals surface area (Å²) >= 11 is 1.50. The molecule has 1 N–H and O–H groups in total. The molecule has 5 heteroatoms. The molecule has 0 radical (unpaired) electrons. The van der Waals surface area contributed by atoms with Gasteiger partial charge >= 0.3 is 0 Å². The number of amides is 1. The van der Waals surface area contributed by atoms with E-state index in [0.717, 1.165) is 17.0 Å². The lowest BCUT2D eigenvalue weighted by Gasteiger charge is -2.09. The fraction of sp³-hybridized carbons (Fsp3) is 0.238. The van der Waals surface area contributed by atoms with E-state index in [9.17, 15) is 4.79 Å². The summed E-state index contributed by atoms with van der Waals surface area (Å²) in [7, 11) is 0. The zero-order valence-electron chi connectivity index (χ0n) is 15.2. The Hall–Kier alpha value is -2.66. The van der Waals surface area contributed by atoms with Crippen molar-refractivity contribution in [1.82, 2.24) is 4.98 Å². The van der Waals surface area contributed by atoms with E-state index in [0.29, 0.717) is 10.7 Å². The molecule has 26 heavy (non-hydrogen) atoms. The first kappa shape index (κ1) is 18.1. The number of ether oxygens (including phenoxy) is 1. The molecule has 0 bridgehead atoms. The molecule has 134 valence electrons. The van der Waals surface area contributed by atoms with Crippen LogP contribution in [0, 0.1) is 6.92 Å². The summed E-state index contributed by atoms with van der Waals surface area (Å²) in [6, 6.07) is 15.6.